The predicted molar refractivity (Wildman–Crippen MR) is 124 cm³/mol. The van der Waals surface area contributed by atoms with Gasteiger partial charge in [-0.05, 0) is 43.1 Å². The summed E-state index contributed by atoms with van der Waals surface area (Å²) in [6.07, 6.45) is 4.59. The minimum Gasteiger partial charge on any atom is -0.378 e. The quantitative estimate of drug-likeness (QED) is 0.808. The fraction of sp³-hybridized carbons (Fsp3) is 0.560. The normalized spacial score (nSPS) is 22.9. The molecule has 2 aliphatic heterocycles. The predicted octanol–water partition coefficient (Wildman–Crippen LogP) is 4.09. The molecule has 2 aliphatic rings. The van der Waals surface area contributed by atoms with Gasteiger partial charge < -0.3 is 19.5 Å². The SMILES string of the molecule is CC(C)C1CCCN(c2cc(N3CCOCC3)cc(=O)[nH]2)[C@@H](Cc2ccccc2)C1. The first kappa shape index (κ1) is 21.0. The summed E-state index contributed by atoms with van der Waals surface area (Å²) in [6.45, 7) is 8.81. The first-order chi connectivity index (χ1) is 14.6. The maximum absolute atomic E-state index is 12.6. The maximum atomic E-state index is 12.6. The van der Waals surface area contributed by atoms with Crippen LogP contribution in [0.5, 0.6) is 0 Å². The summed E-state index contributed by atoms with van der Waals surface area (Å²) in [5, 5.41) is 0. The van der Waals surface area contributed by atoms with Crippen molar-refractivity contribution in [2.75, 3.05) is 42.6 Å². The minimum absolute atomic E-state index is 0.0166. The molecule has 162 valence electrons. The van der Waals surface area contributed by atoms with E-state index in [4.69, 9.17) is 4.74 Å². The van der Waals surface area contributed by atoms with Crippen molar-refractivity contribution in [1.29, 1.82) is 0 Å². The Morgan fingerprint density at radius 2 is 1.87 bits per heavy atom. The molecule has 5 nitrogen and oxygen atoms in total. The van der Waals surface area contributed by atoms with E-state index in [0.29, 0.717) is 12.0 Å². The van der Waals surface area contributed by atoms with Gasteiger partial charge in [-0.15, -0.1) is 0 Å². The van der Waals surface area contributed by atoms with Gasteiger partial charge in [0.1, 0.15) is 5.82 Å². The maximum Gasteiger partial charge on any atom is 0.251 e. The van der Waals surface area contributed by atoms with Gasteiger partial charge >= 0.3 is 0 Å². The zero-order valence-electron chi connectivity index (χ0n) is 18.3. The van der Waals surface area contributed by atoms with Crippen LogP contribution < -0.4 is 15.4 Å². The van der Waals surface area contributed by atoms with Crippen molar-refractivity contribution in [3.8, 4) is 0 Å². The zero-order chi connectivity index (χ0) is 20.9. The number of aromatic nitrogens is 1. The highest BCUT2D eigenvalue weighted by molar-refractivity contribution is 5.56. The summed E-state index contributed by atoms with van der Waals surface area (Å²) in [6, 6.07) is 15.1. The van der Waals surface area contributed by atoms with Gasteiger partial charge in [-0.3, -0.25) is 4.79 Å². The van der Waals surface area contributed by atoms with Gasteiger partial charge in [0.2, 0.25) is 0 Å². The summed E-state index contributed by atoms with van der Waals surface area (Å²) in [4.78, 5) is 20.5. The van der Waals surface area contributed by atoms with Crippen LogP contribution in [0.3, 0.4) is 0 Å². The van der Waals surface area contributed by atoms with Crippen molar-refractivity contribution in [2.45, 2.75) is 45.6 Å². The third kappa shape index (κ3) is 5.07. The molecular formula is C25H35N3O2. The van der Waals surface area contributed by atoms with Crippen molar-refractivity contribution < 1.29 is 4.74 Å². The lowest BCUT2D eigenvalue weighted by atomic mass is 9.85. The molecule has 3 heterocycles. The van der Waals surface area contributed by atoms with E-state index >= 15 is 0 Å². The van der Waals surface area contributed by atoms with Crippen LogP contribution in [0.4, 0.5) is 11.5 Å². The first-order valence-corrected chi connectivity index (χ1v) is 11.5. The van der Waals surface area contributed by atoms with E-state index in [-0.39, 0.29) is 5.56 Å². The van der Waals surface area contributed by atoms with E-state index in [9.17, 15) is 4.79 Å². The van der Waals surface area contributed by atoms with Crippen LogP contribution in [0.2, 0.25) is 0 Å². The van der Waals surface area contributed by atoms with Crippen LogP contribution in [0.15, 0.2) is 47.3 Å². The molecule has 0 spiro atoms. The topological polar surface area (TPSA) is 48.6 Å². The fourth-order valence-electron chi connectivity index (χ4n) is 4.98. The third-order valence-electron chi connectivity index (χ3n) is 6.75. The molecule has 5 heteroatoms. The number of nitrogens with one attached hydrogen (secondary N) is 1. The molecule has 1 N–H and O–H groups in total. The van der Waals surface area contributed by atoms with Crippen LogP contribution in [0, 0.1) is 11.8 Å². The Bertz CT molecular complexity index is 858. The molecule has 0 saturated carbocycles. The van der Waals surface area contributed by atoms with Gasteiger partial charge in [0.15, 0.2) is 0 Å². The smallest absolute Gasteiger partial charge is 0.251 e. The summed E-state index contributed by atoms with van der Waals surface area (Å²) in [5.74, 6) is 2.37. The van der Waals surface area contributed by atoms with Gasteiger partial charge in [-0.1, -0.05) is 44.2 Å². The molecule has 1 unspecified atom stereocenters. The lowest BCUT2D eigenvalue weighted by Gasteiger charge is -2.35. The molecule has 1 aromatic heterocycles. The molecule has 0 aliphatic carbocycles. The van der Waals surface area contributed by atoms with E-state index < -0.39 is 0 Å². The molecular weight excluding hydrogens is 374 g/mol. The van der Waals surface area contributed by atoms with Gasteiger partial charge in [0, 0.05) is 43.5 Å². The van der Waals surface area contributed by atoms with Crippen molar-refractivity contribution in [3.05, 3.63) is 58.4 Å². The van der Waals surface area contributed by atoms with Gasteiger partial charge in [-0.2, -0.15) is 0 Å². The average Bonchev–Trinajstić information content (AvgIpc) is 2.97. The highest BCUT2D eigenvalue weighted by atomic mass is 16.5. The molecule has 2 aromatic rings. The van der Waals surface area contributed by atoms with E-state index in [1.807, 2.05) is 0 Å². The Kier molecular flexibility index (Phi) is 6.78. The van der Waals surface area contributed by atoms with Crippen LogP contribution in [0.25, 0.3) is 0 Å². The van der Waals surface area contributed by atoms with E-state index in [1.165, 1.54) is 12.0 Å². The van der Waals surface area contributed by atoms with Gasteiger partial charge in [-0.25, -0.2) is 0 Å². The largest absolute Gasteiger partial charge is 0.378 e. The Morgan fingerprint density at radius 1 is 1.10 bits per heavy atom. The Morgan fingerprint density at radius 3 is 2.60 bits per heavy atom. The fourth-order valence-corrected chi connectivity index (χ4v) is 4.98. The molecule has 1 aromatic carbocycles. The summed E-state index contributed by atoms with van der Waals surface area (Å²) in [7, 11) is 0. The lowest BCUT2D eigenvalue weighted by molar-refractivity contribution is 0.122. The summed E-state index contributed by atoms with van der Waals surface area (Å²) in [5.41, 5.74) is 2.36. The van der Waals surface area contributed by atoms with Crippen molar-refractivity contribution in [3.63, 3.8) is 0 Å². The Labute approximate surface area is 180 Å². The second kappa shape index (κ2) is 9.69. The monoisotopic (exact) mass is 409 g/mol. The Hall–Kier alpha value is -2.27. The van der Waals surface area contributed by atoms with E-state index in [1.54, 1.807) is 6.07 Å². The number of H-pyrrole nitrogens is 1. The van der Waals surface area contributed by atoms with Crippen molar-refractivity contribution in [1.82, 2.24) is 4.98 Å². The number of anilines is 2. The van der Waals surface area contributed by atoms with Gasteiger partial charge in [0.25, 0.3) is 5.56 Å². The second-order valence-corrected chi connectivity index (χ2v) is 9.11. The minimum atomic E-state index is -0.0166. The highest BCUT2D eigenvalue weighted by Gasteiger charge is 2.29. The van der Waals surface area contributed by atoms with E-state index in [0.717, 1.165) is 69.5 Å². The molecule has 30 heavy (non-hydrogen) atoms. The standard InChI is InChI=1S/C25H35N3O2/c1-19(2)21-9-6-10-28(23(16-21)15-20-7-4-3-5-8-20)24-17-22(18-25(29)26-24)27-11-13-30-14-12-27/h3-5,7-8,17-19,21,23H,6,9-16H2,1-2H3,(H,26,29)/t21?,23-/m0/s1. The van der Waals surface area contributed by atoms with Crippen molar-refractivity contribution >= 4 is 11.5 Å². The molecule has 0 amide bonds. The van der Waals surface area contributed by atoms with Gasteiger partial charge in [0.05, 0.1) is 13.2 Å². The zero-order valence-corrected chi connectivity index (χ0v) is 18.3. The summed E-state index contributed by atoms with van der Waals surface area (Å²) < 4.78 is 5.49. The molecule has 2 saturated heterocycles. The Balaban J connectivity index is 1.65. The number of morpholine rings is 1. The number of benzene rings is 1. The number of hydrogen-bond donors (Lipinski definition) is 1. The lowest BCUT2D eigenvalue weighted by Crippen LogP contribution is -2.40. The van der Waals surface area contributed by atoms with Crippen LogP contribution in [-0.4, -0.2) is 43.9 Å². The average molecular weight is 410 g/mol. The molecule has 0 bridgehead atoms. The van der Waals surface area contributed by atoms with Crippen molar-refractivity contribution in [2.24, 2.45) is 11.8 Å². The second-order valence-electron chi connectivity index (χ2n) is 9.11. The van der Waals surface area contributed by atoms with E-state index in [2.05, 4.69) is 65.0 Å². The molecule has 0 radical (unpaired) electrons. The number of hydrogen-bond acceptors (Lipinski definition) is 4. The van der Waals surface area contributed by atoms with Crippen LogP contribution in [-0.2, 0) is 11.2 Å². The third-order valence-corrected chi connectivity index (χ3v) is 6.75. The number of ether oxygens (including phenoxy) is 1. The molecule has 2 fully saturated rings. The number of aromatic amines is 1. The number of nitrogens with zero attached hydrogens (tertiary/aromatic N) is 2. The number of rotatable bonds is 5. The molecule has 4 rings (SSSR count). The number of pyridine rings is 1. The highest BCUT2D eigenvalue weighted by Crippen LogP contribution is 2.33. The van der Waals surface area contributed by atoms with Crippen LogP contribution >= 0.6 is 0 Å². The molecule has 2 atom stereocenters. The van der Waals surface area contributed by atoms with Crippen LogP contribution in [0.1, 0.15) is 38.7 Å². The summed E-state index contributed by atoms with van der Waals surface area (Å²) >= 11 is 0. The first-order valence-electron chi connectivity index (χ1n) is 11.5.